The average Bonchev–Trinajstić information content (AvgIpc) is 2.78. The minimum Gasteiger partial charge on any atom is -0.468 e. The van der Waals surface area contributed by atoms with Gasteiger partial charge in [-0.1, -0.05) is 18.2 Å². The quantitative estimate of drug-likeness (QED) is 0.744. The third-order valence-corrected chi connectivity index (χ3v) is 2.95. The molecule has 1 aromatic carbocycles. The fourth-order valence-electron chi connectivity index (χ4n) is 2.24. The Labute approximate surface area is 101 Å². The first kappa shape index (κ1) is 11.7. The van der Waals surface area contributed by atoms with Crippen LogP contribution in [-0.4, -0.2) is 17.6 Å². The highest BCUT2D eigenvalue weighted by Gasteiger charge is 2.10. The van der Waals surface area contributed by atoms with Crippen molar-refractivity contribution < 1.29 is 9.53 Å². The summed E-state index contributed by atoms with van der Waals surface area (Å²) in [4.78, 5) is 9.18. The van der Waals surface area contributed by atoms with Gasteiger partial charge in [-0.15, -0.1) is 0 Å². The number of hydrogen-bond acceptors (Lipinski definition) is 2. The van der Waals surface area contributed by atoms with Gasteiger partial charge in [0, 0.05) is 12.7 Å². The number of hydrogen-bond donors (Lipinski definition) is 0. The lowest BCUT2D eigenvalue weighted by atomic mass is 10.0. The molecule has 0 unspecified atom stereocenters. The Hall–Kier alpha value is -1.77. The molecule has 0 saturated heterocycles. The van der Waals surface area contributed by atoms with Gasteiger partial charge in [0.2, 0.25) is 0 Å². The van der Waals surface area contributed by atoms with E-state index in [1.165, 1.54) is 35.9 Å². The number of benzene rings is 1. The van der Waals surface area contributed by atoms with E-state index >= 15 is 0 Å². The predicted molar refractivity (Wildman–Crippen MR) is 67.9 cm³/mol. The molecule has 0 N–H and O–H groups in total. The van der Waals surface area contributed by atoms with Crippen LogP contribution in [0.5, 0.6) is 0 Å². The van der Waals surface area contributed by atoms with Crippen LogP contribution < -0.4 is 0 Å². The standard InChI is InChI=1S/C11H11N.C3H6O2/c1-3-9-5-2-7-12-8-6-10(4-1)11(9)12;1-2-5-3-4/h1,3-4,6,8H,2,5,7H2;3H,2H2,1H3. The molecule has 0 bridgehead atoms. The largest absolute Gasteiger partial charge is 0.468 e. The molecular weight excluding hydrogens is 214 g/mol. The van der Waals surface area contributed by atoms with Crippen molar-refractivity contribution in [1.82, 2.24) is 4.57 Å². The first-order valence-electron chi connectivity index (χ1n) is 5.98. The van der Waals surface area contributed by atoms with Crippen LogP contribution >= 0.6 is 0 Å². The molecule has 0 fully saturated rings. The highest BCUT2D eigenvalue weighted by Crippen LogP contribution is 2.25. The SMILES string of the molecule is CCOC=O.c1cc2c3c(c1)ccn3CCC2. The first-order chi connectivity index (χ1) is 8.36. The Morgan fingerprint density at radius 1 is 1.41 bits per heavy atom. The van der Waals surface area contributed by atoms with Crippen LogP contribution in [0.2, 0.25) is 0 Å². The molecule has 1 aliphatic rings. The number of carbonyl (C=O) groups is 1. The van der Waals surface area contributed by atoms with Crippen molar-refractivity contribution in [3.63, 3.8) is 0 Å². The van der Waals surface area contributed by atoms with E-state index in [1.807, 2.05) is 0 Å². The molecular formula is C14H17NO2. The number of rotatable bonds is 2. The van der Waals surface area contributed by atoms with Gasteiger partial charge < -0.3 is 9.30 Å². The summed E-state index contributed by atoms with van der Waals surface area (Å²) in [6.07, 6.45) is 4.75. The fraction of sp³-hybridized carbons (Fsp3) is 0.357. The Balaban J connectivity index is 0.000000188. The van der Waals surface area contributed by atoms with E-state index in [1.54, 1.807) is 6.92 Å². The van der Waals surface area contributed by atoms with E-state index in [0.29, 0.717) is 13.1 Å². The van der Waals surface area contributed by atoms with Gasteiger partial charge in [-0.25, -0.2) is 0 Å². The monoisotopic (exact) mass is 231 g/mol. The third-order valence-electron chi connectivity index (χ3n) is 2.95. The number of ether oxygens (including phenoxy) is 1. The molecule has 1 aliphatic heterocycles. The maximum Gasteiger partial charge on any atom is 0.293 e. The molecule has 0 aliphatic carbocycles. The van der Waals surface area contributed by atoms with Crippen LogP contribution in [0.1, 0.15) is 18.9 Å². The van der Waals surface area contributed by atoms with Crippen molar-refractivity contribution >= 4 is 17.4 Å². The molecule has 1 aromatic heterocycles. The minimum atomic E-state index is 0.431. The second kappa shape index (κ2) is 5.53. The van der Waals surface area contributed by atoms with Crippen LogP contribution in [0.25, 0.3) is 10.9 Å². The average molecular weight is 231 g/mol. The highest BCUT2D eigenvalue weighted by atomic mass is 16.5. The van der Waals surface area contributed by atoms with Gasteiger partial charge in [0.15, 0.2) is 0 Å². The second-order valence-corrected chi connectivity index (χ2v) is 4.02. The molecule has 0 saturated carbocycles. The summed E-state index contributed by atoms with van der Waals surface area (Å²) in [5.41, 5.74) is 2.98. The van der Waals surface area contributed by atoms with Crippen LogP contribution in [0.3, 0.4) is 0 Å². The molecule has 3 nitrogen and oxygen atoms in total. The lowest BCUT2D eigenvalue weighted by Gasteiger charge is -2.14. The van der Waals surface area contributed by atoms with Gasteiger partial charge >= 0.3 is 0 Å². The maximum absolute atomic E-state index is 9.18. The molecule has 90 valence electrons. The van der Waals surface area contributed by atoms with Gasteiger partial charge in [-0.05, 0) is 36.8 Å². The van der Waals surface area contributed by atoms with E-state index in [-0.39, 0.29) is 0 Å². The summed E-state index contributed by atoms with van der Waals surface area (Å²) in [6.45, 7) is 3.86. The van der Waals surface area contributed by atoms with Crippen molar-refractivity contribution in [2.24, 2.45) is 0 Å². The summed E-state index contributed by atoms with van der Waals surface area (Å²) in [5, 5.41) is 1.40. The lowest BCUT2D eigenvalue weighted by Crippen LogP contribution is -2.05. The zero-order chi connectivity index (χ0) is 12.1. The van der Waals surface area contributed by atoms with E-state index in [9.17, 15) is 4.79 Å². The molecule has 0 amide bonds. The van der Waals surface area contributed by atoms with E-state index < -0.39 is 0 Å². The molecule has 0 atom stereocenters. The highest BCUT2D eigenvalue weighted by molar-refractivity contribution is 5.83. The van der Waals surface area contributed by atoms with Gasteiger partial charge in [0.05, 0.1) is 12.1 Å². The Morgan fingerprint density at radius 2 is 2.29 bits per heavy atom. The Kier molecular flexibility index (Phi) is 3.81. The van der Waals surface area contributed by atoms with Crippen molar-refractivity contribution in [3.8, 4) is 0 Å². The van der Waals surface area contributed by atoms with Gasteiger partial charge in [-0.2, -0.15) is 0 Å². The molecule has 0 spiro atoms. The zero-order valence-corrected chi connectivity index (χ0v) is 10.1. The van der Waals surface area contributed by atoms with E-state index in [4.69, 9.17) is 0 Å². The molecule has 17 heavy (non-hydrogen) atoms. The Bertz CT molecular complexity index is 502. The summed E-state index contributed by atoms with van der Waals surface area (Å²) < 4.78 is 6.52. The van der Waals surface area contributed by atoms with Crippen molar-refractivity contribution in [2.45, 2.75) is 26.3 Å². The predicted octanol–water partition coefficient (Wildman–Crippen LogP) is 2.77. The number of nitrogens with zero attached hydrogens (tertiary/aromatic N) is 1. The summed E-state index contributed by atoms with van der Waals surface area (Å²) in [6, 6.07) is 8.82. The molecule has 2 aromatic rings. The molecule has 3 heteroatoms. The van der Waals surface area contributed by atoms with Crippen molar-refractivity contribution in [1.29, 1.82) is 0 Å². The minimum absolute atomic E-state index is 0.431. The number of aryl methyl sites for hydroxylation is 2. The lowest BCUT2D eigenvalue weighted by molar-refractivity contribution is -0.128. The smallest absolute Gasteiger partial charge is 0.293 e. The summed E-state index contributed by atoms with van der Waals surface area (Å²) in [7, 11) is 0. The van der Waals surface area contributed by atoms with Crippen LogP contribution in [0, 0.1) is 0 Å². The number of aromatic nitrogens is 1. The van der Waals surface area contributed by atoms with Gasteiger partial charge in [0.25, 0.3) is 6.47 Å². The molecule has 3 rings (SSSR count). The normalized spacial score (nSPS) is 12.8. The topological polar surface area (TPSA) is 31.2 Å². The van der Waals surface area contributed by atoms with Crippen molar-refractivity contribution in [2.75, 3.05) is 6.61 Å². The van der Waals surface area contributed by atoms with Gasteiger partial charge in [-0.3, -0.25) is 4.79 Å². The summed E-state index contributed by atoms with van der Waals surface area (Å²) >= 11 is 0. The number of para-hydroxylation sites is 1. The first-order valence-corrected chi connectivity index (χ1v) is 5.98. The molecule has 0 radical (unpaired) electrons. The van der Waals surface area contributed by atoms with E-state index in [2.05, 4.69) is 39.8 Å². The second-order valence-electron chi connectivity index (χ2n) is 4.02. The molecule has 2 heterocycles. The van der Waals surface area contributed by atoms with Crippen LogP contribution in [0.15, 0.2) is 30.5 Å². The van der Waals surface area contributed by atoms with Crippen molar-refractivity contribution in [3.05, 3.63) is 36.0 Å². The summed E-state index contributed by atoms with van der Waals surface area (Å²) in [5.74, 6) is 0. The maximum atomic E-state index is 9.18. The number of carbonyl (C=O) groups excluding carboxylic acids is 1. The Morgan fingerprint density at radius 3 is 3.00 bits per heavy atom. The zero-order valence-electron chi connectivity index (χ0n) is 10.1. The van der Waals surface area contributed by atoms with Crippen LogP contribution in [-0.2, 0) is 22.5 Å². The fourth-order valence-corrected chi connectivity index (χ4v) is 2.24. The van der Waals surface area contributed by atoms with E-state index in [0.717, 1.165) is 0 Å². The van der Waals surface area contributed by atoms with Crippen LogP contribution in [0.4, 0.5) is 0 Å². The third kappa shape index (κ3) is 2.49. The van der Waals surface area contributed by atoms with Gasteiger partial charge in [0.1, 0.15) is 0 Å².